The molecule has 2 rings (SSSR count). The molecule has 1 fully saturated rings. The number of piperazine rings is 1. The van der Waals surface area contributed by atoms with Crippen LogP contribution in [0.15, 0.2) is 6.20 Å². The van der Waals surface area contributed by atoms with E-state index in [4.69, 9.17) is 9.84 Å². The van der Waals surface area contributed by atoms with Crippen molar-refractivity contribution in [2.45, 2.75) is 12.6 Å². The molecule has 1 atom stereocenters. The van der Waals surface area contributed by atoms with Gasteiger partial charge in [-0.3, -0.25) is 4.90 Å². The van der Waals surface area contributed by atoms with Crippen LogP contribution in [0.25, 0.3) is 0 Å². The molecule has 2 heterocycles. The SMILES string of the molecule is COC(=O)C(c1cn(CCO)nn1)N1CCNCC1. The molecule has 0 saturated carbocycles. The van der Waals surface area contributed by atoms with Crippen LogP contribution < -0.4 is 5.32 Å². The molecule has 0 aromatic carbocycles. The molecule has 1 aliphatic heterocycles. The highest BCUT2D eigenvalue weighted by atomic mass is 16.5. The van der Waals surface area contributed by atoms with E-state index in [0.717, 1.165) is 26.2 Å². The van der Waals surface area contributed by atoms with Crippen LogP contribution in [0.2, 0.25) is 0 Å². The van der Waals surface area contributed by atoms with Gasteiger partial charge in [0.15, 0.2) is 6.04 Å². The van der Waals surface area contributed by atoms with Crippen molar-refractivity contribution in [3.63, 3.8) is 0 Å². The van der Waals surface area contributed by atoms with E-state index in [2.05, 4.69) is 15.6 Å². The first kappa shape index (κ1) is 13.9. The molecule has 106 valence electrons. The largest absolute Gasteiger partial charge is 0.468 e. The lowest BCUT2D eigenvalue weighted by molar-refractivity contribution is -0.147. The van der Waals surface area contributed by atoms with Crippen LogP contribution >= 0.6 is 0 Å². The Balaban J connectivity index is 2.17. The molecule has 1 unspecified atom stereocenters. The number of nitrogens with zero attached hydrogens (tertiary/aromatic N) is 4. The third kappa shape index (κ3) is 3.28. The van der Waals surface area contributed by atoms with Crippen LogP contribution in [-0.4, -0.2) is 70.9 Å². The van der Waals surface area contributed by atoms with E-state index in [1.54, 1.807) is 6.20 Å². The molecule has 19 heavy (non-hydrogen) atoms. The number of ether oxygens (including phenoxy) is 1. The predicted molar refractivity (Wildman–Crippen MR) is 66.3 cm³/mol. The highest BCUT2D eigenvalue weighted by Gasteiger charge is 2.31. The molecule has 2 N–H and O–H groups in total. The topological polar surface area (TPSA) is 92.5 Å². The van der Waals surface area contributed by atoms with E-state index in [-0.39, 0.29) is 12.6 Å². The Bertz CT molecular complexity index is 416. The van der Waals surface area contributed by atoms with Crippen molar-refractivity contribution in [1.29, 1.82) is 0 Å². The lowest BCUT2D eigenvalue weighted by Crippen LogP contribution is -2.47. The summed E-state index contributed by atoms with van der Waals surface area (Å²) >= 11 is 0. The van der Waals surface area contributed by atoms with Gasteiger partial charge in [-0.2, -0.15) is 0 Å². The smallest absolute Gasteiger partial charge is 0.329 e. The van der Waals surface area contributed by atoms with Gasteiger partial charge >= 0.3 is 5.97 Å². The fraction of sp³-hybridized carbons (Fsp3) is 0.727. The first-order valence-electron chi connectivity index (χ1n) is 6.29. The van der Waals surface area contributed by atoms with Crippen LogP contribution in [-0.2, 0) is 16.1 Å². The second kappa shape index (κ2) is 6.60. The summed E-state index contributed by atoms with van der Waals surface area (Å²) in [7, 11) is 1.37. The number of methoxy groups -OCH3 is 1. The van der Waals surface area contributed by atoms with Crippen LogP contribution in [0.1, 0.15) is 11.7 Å². The summed E-state index contributed by atoms with van der Waals surface area (Å²) in [6, 6.07) is -0.528. The van der Waals surface area contributed by atoms with Crippen molar-refractivity contribution in [3.05, 3.63) is 11.9 Å². The molecule has 8 heteroatoms. The molecule has 1 saturated heterocycles. The Kier molecular flexibility index (Phi) is 4.83. The van der Waals surface area contributed by atoms with Gasteiger partial charge in [-0.15, -0.1) is 5.10 Å². The summed E-state index contributed by atoms with van der Waals surface area (Å²) < 4.78 is 6.38. The Hall–Kier alpha value is -1.51. The number of aliphatic hydroxyl groups is 1. The minimum atomic E-state index is -0.528. The van der Waals surface area contributed by atoms with Gasteiger partial charge in [-0.25, -0.2) is 9.48 Å². The van der Waals surface area contributed by atoms with Gasteiger partial charge in [0, 0.05) is 26.2 Å². The Morgan fingerprint density at radius 1 is 1.58 bits per heavy atom. The van der Waals surface area contributed by atoms with Gasteiger partial charge in [-0.05, 0) is 0 Å². The minimum Gasteiger partial charge on any atom is -0.468 e. The van der Waals surface area contributed by atoms with Gasteiger partial charge in [0.1, 0.15) is 5.69 Å². The van der Waals surface area contributed by atoms with Crippen LogP contribution in [0.4, 0.5) is 0 Å². The maximum absolute atomic E-state index is 12.0. The monoisotopic (exact) mass is 269 g/mol. The third-order valence-electron chi connectivity index (χ3n) is 3.11. The van der Waals surface area contributed by atoms with Crippen molar-refractivity contribution in [1.82, 2.24) is 25.2 Å². The number of nitrogens with one attached hydrogen (secondary N) is 1. The van der Waals surface area contributed by atoms with E-state index < -0.39 is 6.04 Å². The number of rotatable bonds is 5. The molecule has 1 aromatic heterocycles. The van der Waals surface area contributed by atoms with Gasteiger partial charge in [0.2, 0.25) is 0 Å². The second-order valence-electron chi connectivity index (χ2n) is 4.34. The highest BCUT2D eigenvalue weighted by Crippen LogP contribution is 2.20. The molecule has 0 aliphatic carbocycles. The number of aliphatic hydroxyl groups excluding tert-OH is 1. The second-order valence-corrected chi connectivity index (χ2v) is 4.34. The minimum absolute atomic E-state index is 0.0146. The Morgan fingerprint density at radius 2 is 2.32 bits per heavy atom. The summed E-state index contributed by atoms with van der Waals surface area (Å²) in [6.07, 6.45) is 1.68. The Morgan fingerprint density at radius 3 is 2.95 bits per heavy atom. The number of hydrogen-bond donors (Lipinski definition) is 2. The van der Waals surface area contributed by atoms with E-state index in [9.17, 15) is 4.79 Å². The maximum atomic E-state index is 12.0. The zero-order chi connectivity index (χ0) is 13.7. The van der Waals surface area contributed by atoms with Gasteiger partial charge in [-0.1, -0.05) is 5.21 Å². The number of carbonyl (C=O) groups is 1. The summed E-state index contributed by atoms with van der Waals surface area (Å²) in [5, 5.41) is 20.0. The Labute approximate surface area is 111 Å². The number of aromatic nitrogens is 3. The zero-order valence-corrected chi connectivity index (χ0v) is 10.9. The molecule has 1 aromatic rings. The average Bonchev–Trinajstić information content (AvgIpc) is 2.89. The maximum Gasteiger partial charge on any atom is 0.329 e. The van der Waals surface area contributed by atoms with Crippen molar-refractivity contribution >= 4 is 5.97 Å². The molecule has 8 nitrogen and oxygen atoms in total. The van der Waals surface area contributed by atoms with Crippen molar-refractivity contribution in [2.24, 2.45) is 0 Å². The lowest BCUT2D eigenvalue weighted by atomic mass is 10.1. The first-order chi connectivity index (χ1) is 9.26. The van der Waals surface area contributed by atoms with Crippen molar-refractivity contribution in [2.75, 3.05) is 39.9 Å². The molecular weight excluding hydrogens is 250 g/mol. The number of esters is 1. The summed E-state index contributed by atoms with van der Waals surface area (Å²) in [5.74, 6) is -0.335. The number of carbonyl (C=O) groups excluding carboxylic acids is 1. The van der Waals surface area contributed by atoms with Crippen molar-refractivity contribution in [3.8, 4) is 0 Å². The standard InChI is InChI=1S/C11H19N5O3/c1-19-11(18)10(15-4-2-12-3-5-15)9-8-16(6-7-17)14-13-9/h8,10,12,17H,2-7H2,1H3. The van der Waals surface area contributed by atoms with E-state index in [1.165, 1.54) is 11.8 Å². The molecule has 1 aliphatic rings. The quantitative estimate of drug-likeness (QED) is 0.621. The molecule has 0 radical (unpaired) electrons. The van der Waals surface area contributed by atoms with Crippen molar-refractivity contribution < 1.29 is 14.6 Å². The third-order valence-corrected chi connectivity index (χ3v) is 3.11. The zero-order valence-electron chi connectivity index (χ0n) is 10.9. The summed E-state index contributed by atoms with van der Waals surface area (Å²) in [6.45, 7) is 3.53. The van der Waals surface area contributed by atoms with Crippen LogP contribution in [0.3, 0.4) is 0 Å². The first-order valence-corrected chi connectivity index (χ1v) is 6.29. The molecule has 0 amide bonds. The number of hydrogen-bond acceptors (Lipinski definition) is 7. The fourth-order valence-electron chi connectivity index (χ4n) is 2.16. The van der Waals surface area contributed by atoms with E-state index in [0.29, 0.717) is 12.2 Å². The highest BCUT2D eigenvalue weighted by molar-refractivity contribution is 5.76. The molecule has 0 bridgehead atoms. The molecular formula is C11H19N5O3. The van der Waals surface area contributed by atoms with Crippen LogP contribution in [0, 0.1) is 0 Å². The normalized spacial score (nSPS) is 18.2. The van der Waals surface area contributed by atoms with Gasteiger partial charge < -0.3 is 15.2 Å². The summed E-state index contributed by atoms with van der Waals surface area (Å²) in [5.41, 5.74) is 0.558. The fourth-order valence-corrected chi connectivity index (χ4v) is 2.16. The lowest BCUT2D eigenvalue weighted by Gasteiger charge is -2.31. The van der Waals surface area contributed by atoms with Gasteiger partial charge in [0.05, 0.1) is 26.5 Å². The van der Waals surface area contributed by atoms with E-state index in [1.807, 2.05) is 4.90 Å². The predicted octanol–water partition coefficient (Wildman–Crippen LogP) is -1.61. The summed E-state index contributed by atoms with van der Waals surface area (Å²) in [4.78, 5) is 14.0. The van der Waals surface area contributed by atoms with Gasteiger partial charge in [0.25, 0.3) is 0 Å². The van der Waals surface area contributed by atoms with Crippen LogP contribution in [0.5, 0.6) is 0 Å². The van der Waals surface area contributed by atoms with E-state index >= 15 is 0 Å². The average molecular weight is 269 g/mol. The molecule has 0 spiro atoms.